The number of hydrogen-bond donors (Lipinski definition) is 1. The third-order valence-electron chi connectivity index (χ3n) is 4.26. The standard InChI is InChI=1S/C15H31N3O2/c1-12(11-15(5,16)13(19)20-6)17-7-9-18(10-8-17)14(2,3)4/h12H,7-11,16H2,1-6H3. The number of methoxy groups -OCH3 is 1. The van der Waals surface area contributed by atoms with Crippen molar-refractivity contribution in [1.29, 1.82) is 0 Å². The van der Waals surface area contributed by atoms with Crippen LogP contribution in [0.1, 0.15) is 41.0 Å². The first-order valence-electron chi connectivity index (χ1n) is 7.44. The molecule has 0 aromatic carbocycles. The molecule has 1 saturated heterocycles. The molecule has 2 unspecified atom stereocenters. The van der Waals surface area contributed by atoms with Crippen LogP contribution in [0.25, 0.3) is 0 Å². The van der Waals surface area contributed by atoms with Crippen LogP contribution in [0.2, 0.25) is 0 Å². The summed E-state index contributed by atoms with van der Waals surface area (Å²) in [5.74, 6) is -0.335. The third kappa shape index (κ3) is 4.43. The molecular weight excluding hydrogens is 254 g/mol. The first-order chi connectivity index (χ1) is 9.08. The van der Waals surface area contributed by atoms with Gasteiger partial charge in [0, 0.05) is 37.8 Å². The highest BCUT2D eigenvalue weighted by Gasteiger charge is 2.34. The molecule has 5 nitrogen and oxygen atoms in total. The van der Waals surface area contributed by atoms with E-state index in [1.54, 1.807) is 6.92 Å². The fourth-order valence-corrected chi connectivity index (χ4v) is 2.89. The Morgan fingerprint density at radius 3 is 2.10 bits per heavy atom. The van der Waals surface area contributed by atoms with Gasteiger partial charge in [0.25, 0.3) is 0 Å². The minimum atomic E-state index is -0.907. The third-order valence-corrected chi connectivity index (χ3v) is 4.26. The molecule has 0 saturated carbocycles. The second-order valence-electron chi connectivity index (χ2n) is 7.16. The summed E-state index contributed by atoms with van der Waals surface area (Å²) >= 11 is 0. The molecule has 0 aromatic heterocycles. The Balaban J connectivity index is 2.51. The van der Waals surface area contributed by atoms with Gasteiger partial charge in [0.1, 0.15) is 5.54 Å². The van der Waals surface area contributed by atoms with E-state index >= 15 is 0 Å². The average molecular weight is 285 g/mol. The summed E-state index contributed by atoms with van der Waals surface area (Å²) < 4.78 is 4.77. The number of esters is 1. The van der Waals surface area contributed by atoms with Gasteiger partial charge in [0.05, 0.1) is 7.11 Å². The number of carbonyl (C=O) groups excluding carboxylic acids is 1. The van der Waals surface area contributed by atoms with Crippen molar-refractivity contribution in [2.24, 2.45) is 5.73 Å². The van der Waals surface area contributed by atoms with Crippen LogP contribution < -0.4 is 5.73 Å². The van der Waals surface area contributed by atoms with Crippen LogP contribution in [-0.2, 0) is 9.53 Å². The second-order valence-corrected chi connectivity index (χ2v) is 7.16. The highest BCUT2D eigenvalue weighted by Crippen LogP contribution is 2.20. The number of nitrogens with two attached hydrogens (primary N) is 1. The SMILES string of the molecule is COC(=O)C(C)(N)CC(C)N1CCN(C(C)(C)C)CC1. The normalized spacial score (nSPS) is 23.1. The van der Waals surface area contributed by atoms with Crippen molar-refractivity contribution in [2.45, 2.75) is 58.2 Å². The molecule has 0 spiro atoms. The highest BCUT2D eigenvalue weighted by atomic mass is 16.5. The van der Waals surface area contributed by atoms with Crippen molar-refractivity contribution in [3.05, 3.63) is 0 Å². The molecule has 1 aliphatic heterocycles. The van der Waals surface area contributed by atoms with Crippen molar-refractivity contribution in [3.8, 4) is 0 Å². The number of carbonyl (C=O) groups is 1. The van der Waals surface area contributed by atoms with E-state index < -0.39 is 5.54 Å². The van der Waals surface area contributed by atoms with Gasteiger partial charge < -0.3 is 10.5 Å². The number of piperazine rings is 1. The van der Waals surface area contributed by atoms with Crippen LogP contribution in [0.15, 0.2) is 0 Å². The lowest BCUT2D eigenvalue weighted by atomic mass is 9.93. The van der Waals surface area contributed by atoms with E-state index in [-0.39, 0.29) is 17.6 Å². The number of hydrogen-bond acceptors (Lipinski definition) is 5. The fourth-order valence-electron chi connectivity index (χ4n) is 2.89. The van der Waals surface area contributed by atoms with Crippen LogP contribution >= 0.6 is 0 Å². The highest BCUT2D eigenvalue weighted by molar-refractivity contribution is 5.79. The molecule has 1 heterocycles. The Hall–Kier alpha value is -0.650. The maximum Gasteiger partial charge on any atom is 0.325 e. The van der Waals surface area contributed by atoms with Gasteiger partial charge in [-0.25, -0.2) is 0 Å². The molecule has 0 aliphatic carbocycles. The predicted octanol–water partition coefficient (Wildman–Crippen LogP) is 1.07. The Bertz CT molecular complexity index is 329. The van der Waals surface area contributed by atoms with Crippen molar-refractivity contribution in [3.63, 3.8) is 0 Å². The molecule has 0 aromatic rings. The molecule has 0 amide bonds. The number of nitrogens with zero attached hydrogens (tertiary/aromatic N) is 2. The van der Waals surface area contributed by atoms with Gasteiger partial charge in [0.15, 0.2) is 0 Å². The average Bonchev–Trinajstić information content (AvgIpc) is 2.36. The minimum absolute atomic E-state index is 0.226. The Morgan fingerprint density at radius 1 is 1.20 bits per heavy atom. The monoisotopic (exact) mass is 285 g/mol. The van der Waals surface area contributed by atoms with Gasteiger partial charge >= 0.3 is 5.97 Å². The van der Waals surface area contributed by atoms with Gasteiger partial charge in [-0.05, 0) is 41.0 Å². The van der Waals surface area contributed by atoms with E-state index in [4.69, 9.17) is 10.5 Å². The lowest BCUT2D eigenvalue weighted by Crippen LogP contribution is -2.57. The zero-order valence-corrected chi connectivity index (χ0v) is 13.9. The zero-order chi connectivity index (χ0) is 15.6. The Labute approximate surface area is 123 Å². The maximum atomic E-state index is 11.7. The van der Waals surface area contributed by atoms with E-state index in [0.29, 0.717) is 6.42 Å². The van der Waals surface area contributed by atoms with E-state index in [1.165, 1.54) is 7.11 Å². The molecule has 2 N–H and O–H groups in total. The van der Waals surface area contributed by atoms with Crippen LogP contribution in [0.3, 0.4) is 0 Å². The topological polar surface area (TPSA) is 58.8 Å². The summed E-state index contributed by atoms with van der Waals surface area (Å²) in [6.45, 7) is 14.8. The summed E-state index contributed by atoms with van der Waals surface area (Å²) in [5.41, 5.74) is 5.38. The molecule has 20 heavy (non-hydrogen) atoms. The zero-order valence-electron chi connectivity index (χ0n) is 13.9. The second kappa shape index (κ2) is 6.41. The van der Waals surface area contributed by atoms with Gasteiger partial charge in [-0.15, -0.1) is 0 Å². The minimum Gasteiger partial charge on any atom is -0.468 e. The molecule has 1 fully saturated rings. The van der Waals surface area contributed by atoms with Crippen molar-refractivity contribution in [2.75, 3.05) is 33.3 Å². The molecule has 5 heteroatoms. The molecular formula is C15H31N3O2. The fraction of sp³-hybridized carbons (Fsp3) is 0.933. The summed E-state index contributed by atoms with van der Waals surface area (Å²) in [4.78, 5) is 16.6. The van der Waals surface area contributed by atoms with Crippen LogP contribution in [0.5, 0.6) is 0 Å². The van der Waals surface area contributed by atoms with Crippen molar-refractivity contribution in [1.82, 2.24) is 9.80 Å². The molecule has 1 rings (SSSR count). The molecule has 0 bridgehead atoms. The van der Waals surface area contributed by atoms with E-state index in [9.17, 15) is 4.79 Å². The smallest absolute Gasteiger partial charge is 0.325 e. The van der Waals surface area contributed by atoms with Crippen LogP contribution in [-0.4, -0.2) is 66.2 Å². The summed E-state index contributed by atoms with van der Waals surface area (Å²) in [6, 6.07) is 0.284. The predicted molar refractivity (Wildman–Crippen MR) is 81.6 cm³/mol. The van der Waals surface area contributed by atoms with Crippen LogP contribution in [0.4, 0.5) is 0 Å². The maximum absolute atomic E-state index is 11.7. The molecule has 118 valence electrons. The summed E-state index contributed by atoms with van der Waals surface area (Å²) in [5, 5.41) is 0. The molecule has 2 atom stereocenters. The van der Waals surface area contributed by atoms with Crippen molar-refractivity contribution < 1.29 is 9.53 Å². The quantitative estimate of drug-likeness (QED) is 0.783. The van der Waals surface area contributed by atoms with Gasteiger partial charge in [-0.2, -0.15) is 0 Å². The first kappa shape index (κ1) is 17.4. The van der Waals surface area contributed by atoms with Gasteiger partial charge in [-0.1, -0.05) is 0 Å². The van der Waals surface area contributed by atoms with E-state index in [1.807, 2.05) is 0 Å². The van der Waals surface area contributed by atoms with Gasteiger partial charge in [-0.3, -0.25) is 14.6 Å². The van der Waals surface area contributed by atoms with E-state index in [2.05, 4.69) is 37.5 Å². The van der Waals surface area contributed by atoms with Crippen molar-refractivity contribution >= 4 is 5.97 Å². The lowest BCUT2D eigenvalue weighted by molar-refractivity contribution is -0.147. The summed E-state index contributed by atoms with van der Waals surface area (Å²) in [6.07, 6.45) is 0.620. The largest absolute Gasteiger partial charge is 0.468 e. The number of ether oxygens (including phenoxy) is 1. The van der Waals surface area contributed by atoms with Crippen LogP contribution in [0, 0.1) is 0 Å². The Kier molecular flexibility index (Phi) is 5.58. The molecule has 1 aliphatic rings. The van der Waals surface area contributed by atoms with Gasteiger partial charge in [0.2, 0.25) is 0 Å². The summed E-state index contributed by atoms with van der Waals surface area (Å²) in [7, 11) is 1.39. The molecule has 0 radical (unpaired) electrons. The Morgan fingerprint density at radius 2 is 1.70 bits per heavy atom. The lowest BCUT2D eigenvalue weighted by Gasteiger charge is -2.44. The first-order valence-corrected chi connectivity index (χ1v) is 7.44. The van der Waals surface area contributed by atoms with E-state index in [0.717, 1.165) is 26.2 Å². The number of rotatable bonds is 4.